The molecule has 2 saturated carbocycles. The standard InChI is InChI=1S/C24H30F2O/c1-3-4-15-5-6-17-12-18(8-7-16(17)11-15)19-9-10-21-20(13-19)14-22(25)24(27-2)23(21)26/h9-10,13-18H,3-8,11-12H2,1-2H3/t15?,16-,17?,18-/m1/s1. The number of benzene rings is 2. The fraction of sp³-hybridized carbons (Fsp3) is 0.583. The molecule has 4 atom stereocenters. The molecule has 146 valence electrons. The molecular weight excluding hydrogens is 342 g/mol. The van der Waals surface area contributed by atoms with E-state index in [4.69, 9.17) is 4.74 Å². The van der Waals surface area contributed by atoms with E-state index in [-0.39, 0.29) is 5.75 Å². The lowest BCUT2D eigenvalue weighted by molar-refractivity contribution is 0.114. The maximum Gasteiger partial charge on any atom is 0.191 e. The van der Waals surface area contributed by atoms with Crippen molar-refractivity contribution in [3.63, 3.8) is 0 Å². The van der Waals surface area contributed by atoms with Crippen LogP contribution in [0, 0.1) is 29.4 Å². The maximum atomic E-state index is 14.5. The highest BCUT2D eigenvalue weighted by atomic mass is 19.1. The molecule has 1 nitrogen and oxygen atoms in total. The minimum Gasteiger partial charge on any atom is -0.491 e. The second-order valence-electron chi connectivity index (χ2n) is 8.68. The Morgan fingerprint density at radius 1 is 1.00 bits per heavy atom. The van der Waals surface area contributed by atoms with E-state index in [0.29, 0.717) is 16.7 Å². The zero-order chi connectivity index (χ0) is 19.0. The third-order valence-electron chi connectivity index (χ3n) is 7.10. The van der Waals surface area contributed by atoms with Gasteiger partial charge in [0.15, 0.2) is 17.4 Å². The summed E-state index contributed by atoms with van der Waals surface area (Å²) in [5, 5.41) is 1.07. The highest BCUT2D eigenvalue weighted by Gasteiger charge is 2.35. The lowest BCUT2D eigenvalue weighted by Crippen LogP contribution is -2.30. The van der Waals surface area contributed by atoms with Crippen molar-refractivity contribution < 1.29 is 13.5 Å². The number of halogens is 2. The van der Waals surface area contributed by atoms with E-state index >= 15 is 0 Å². The van der Waals surface area contributed by atoms with Crippen LogP contribution in [-0.2, 0) is 0 Å². The van der Waals surface area contributed by atoms with E-state index in [1.165, 1.54) is 70.1 Å². The van der Waals surface area contributed by atoms with Crippen molar-refractivity contribution in [2.75, 3.05) is 7.11 Å². The van der Waals surface area contributed by atoms with Gasteiger partial charge in [-0.2, -0.15) is 0 Å². The number of hydrogen-bond donors (Lipinski definition) is 0. The lowest BCUT2D eigenvalue weighted by atomic mass is 9.63. The maximum absolute atomic E-state index is 14.5. The molecule has 2 aliphatic carbocycles. The Labute approximate surface area is 161 Å². The first-order chi connectivity index (χ1) is 13.1. The molecule has 0 N–H and O–H groups in total. The van der Waals surface area contributed by atoms with E-state index in [1.54, 1.807) is 6.07 Å². The van der Waals surface area contributed by atoms with E-state index in [9.17, 15) is 8.78 Å². The summed E-state index contributed by atoms with van der Waals surface area (Å²) in [6, 6.07) is 7.24. The van der Waals surface area contributed by atoms with Crippen LogP contribution in [0.2, 0.25) is 0 Å². The van der Waals surface area contributed by atoms with E-state index < -0.39 is 11.6 Å². The van der Waals surface area contributed by atoms with Gasteiger partial charge in [0.05, 0.1) is 7.11 Å². The van der Waals surface area contributed by atoms with Crippen LogP contribution in [-0.4, -0.2) is 7.11 Å². The normalized spacial score (nSPS) is 28.1. The average molecular weight is 372 g/mol. The van der Waals surface area contributed by atoms with Crippen LogP contribution in [0.3, 0.4) is 0 Å². The van der Waals surface area contributed by atoms with Gasteiger partial charge in [0, 0.05) is 5.39 Å². The van der Waals surface area contributed by atoms with Gasteiger partial charge in [0.1, 0.15) is 0 Å². The van der Waals surface area contributed by atoms with Gasteiger partial charge in [-0.1, -0.05) is 44.4 Å². The quantitative estimate of drug-likeness (QED) is 0.550. The molecular formula is C24H30F2O. The van der Waals surface area contributed by atoms with Crippen molar-refractivity contribution in [2.45, 2.75) is 64.2 Å². The minimum atomic E-state index is -0.627. The van der Waals surface area contributed by atoms with E-state index in [1.807, 2.05) is 12.1 Å². The van der Waals surface area contributed by atoms with Crippen LogP contribution in [0.15, 0.2) is 24.3 Å². The topological polar surface area (TPSA) is 9.23 Å². The van der Waals surface area contributed by atoms with Crippen molar-refractivity contribution in [1.29, 1.82) is 0 Å². The van der Waals surface area contributed by atoms with Gasteiger partial charge in [-0.25, -0.2) is 8.78 Å². The van der Waals surface area contributed by atoms with Gasteiger partial charge in [0.2, 0.25) is 0 Å². The Morgan fingerprint density at radius 2 is 1.78 bits per heavy atom. The summed E-state index contributed by atoms with van der Waals surface area (Å²) >= 11 is 0. The van der Waals surface area contributed by atoms with Crippen LogP contribution in [0.25, 0.3) is 10.8 Å². The van der Waals surface area contributed by atoms with Crippen molar-refractivity contribution in [2.24, 2.45) is 17.8 Å². The Kier molecular flexibility index (Phi) is 5.39. The molecule has 3 heteroatoms. The Balaban J connectivity index is 1.54. The van der Waals surface area contributed by atoms with Gasteiger partial charge < -0.3 is 4.74 Å². The Hall–Kier alpha value is -1.64. The SMILES string of the molecule is CCCC1CCC2C[C@H](c3ccc4c(F)c(OC)c(F)cc4c3)CC[C@@H]2C1. The summed E-state index contributed by atoms with van der Waals surface area (Å²) in [5.41, 5.74) is 1.24. The summed E-state index contributed by atoms with van der Waals surface area (Å²) in [5.74, 6) is 1.67. The van der Waals surface area contributed by atoms with Crippen LogP contribution >= 0.6 is 0 Å². The molecule has 2 aromatic carbocycles. The van der Waals surface area contributed by atoms with Crippen molar-refractivity contribution in [1.82, 2.24) is 0 Å². The van der Waals surface area contributed by atoms with Crippen LogP contribution in [0.1, 0.15) is 69.8 Å². The van der Waals surface area contributed by atoms with Crippen molar-refractivity contribution in [3.05, 3.63) is 41.5 Å². The number of ether oxygens (including phenoxy) is 1. The molecule has 2 aliphatic rings. The predicted octanol–water partition coefficient (Wildman–Crippen LogP) is 7.23. The number of methoxy groups -OCH3 is 1. The number of rotatable bonds is 4. The third-order valence-corrected chi connectivity index (χ3v) is 7.10. The van der Waals surface area contributed by atoms with Crippen LogP contribution < -0.4 is 4.74 Å². The molecule has 0 radical (unpaired) electrons. The zero-order valence-electron chi connectivity index (χ0n) is 16.4. The fourth-order valence-electron chi connectivity index (χ4n) is 5.73. The van der Waals surface area contributed by atoms with Gasteiger partial charge in [-0.3, -0.25) is 0 Å². The van der Waals surface area contributed by atoms with Gasteiger partial charge in [-0.05, 0) is 72.8 Å². The molecule has 2 aromatic rings. The fourth-order valence-corrected chi connectivity index (χ4v) is 5.73. The highest BCUT2D eigenvalue weighted by molar-refractivity contribution is 5.85. The average Bonchev–Trinajstić information content (AvgIpc) is 2.67. The largest absolute Gasteiger partial charge is 0.491 e. The molecule has 2 fully saturated rings. The predicted molar refractivity (Wildman–Crippen MR) is 106 cm³/mol. The first-order valence-corrected chi connectivity index (χ1v) is 10.6. The van der Waals surface area contributed by atoms with Crippen molar-refractivity contribution in [3.8, 4) is 5.75 Å². The van der Waals surface area contributed by atoms with Crippen LogP contribution in [0.5, 0.6) is 5.75 Å². The summed E-state index contributed by atoms with van der Waals surface area (Å²) < 4.78 is 33.4. The number of hydrogen-bond acceptors (Lipinski definition) is 1. The van der Waals surface area contributed by atoms with E-state index in [0.717, 1.165) is 17.8 Å². The highest BCUT2D eigenvalue weighted by Crippen LogP contribution is 2.48. The third kappa shape index (κ3) is 3.58. The zero-order valence-corrected chi connectivity index (χ0v) is 16.4. The molecule has 0 heterocycles. The minimum absolute atomic E-state index is 0.292. The molecule has 0 aliphatic heterocycles. The van der Waals surface area contributed by atoms with E-state index in [2.05, 4.69) is 6.92 Å². The first-order valence-electron chi connectivity index (χ1n) is 10.6. The molecule has 4 rings (SSSR count). The molecule has 0 saturated heterocycles. The van der Waals surface area contributed by atoms with Crippen LogP contribution in [0.4, 0.5) is 8.78 Å². The van der Waals surface area contributed by atoms with Gasteiger partial charge in [0.25, 0.3) is 0 Å². The molecule has 2 unspecified atom stereocenters. The monoisotopic (exact) mass is 372 g/mol. The summed E-state index contributed by atoms with van der Waals surface area (Å²) in [6.07, 6.45) is 10.6. The molecule has 0 aromatic heterocycles. The summed E-state index contributed by atoms with van der Waals surface area (Å²) in [4.78, 5) is 0. The Morgan fingerprint density at radius 3 is 2.56 bits per heavy atom. The first kappa shape index (κ1) is 18.7. The molecule has 0 amide bonds. The second-order valence-corrected chi connectivity index (χ2v) is 8.68. The summed E-state index contributed by atoms with van der Waals surface area (Å²) in [7, 11) is 1.30. The smallest absolute Gasteiger partial charge is 0.191 e. The molecule has 27 heavy (non-hydrogen) atoms. The Bertz CT molecular complexity index is 816. The molecule has 0 bridgehead atoms. The summed E-state index contributed by atoms with van der Waals surface area (Å²) in [6.45, 7) is 2.30. The number of fused-ring (bicyclic) bond motifs is 2. The second kappa shape index (κ2) is 7.77. The lowest BCUT2D eigenvalue weighted by Gasteiger charge is -2.42. The molecule has 0 spiro atoms. The van der Waals surface area contributed by atoms with Crippen molar-refractivity contribution >= 4 is 10.8 Å². The van der Waals surface area contributed by atoms with Gasteiger partial charge >= 0.3 is 0 Å². The van der Waals surface area contributed by atoms with Gasteiger partial charge in [-0.15, -0.1) is 0 Å².